The summed E-state index contributed by atoms with van der Waals surface area (Å²) in [7, 11) is 0. The molecule has 5 heteroatoms. The van der Waals surface area contributed by atoms with Crippen LogP contribution in [0, 0.1) is 0 Å². The van der Waals surface area contributed by atoms with E-state index >= 15 is 0 Å². The average Bonchev–Trinajstić information content (AvgIpc) is 2.70. The smallest absolute Gasteiger partial charge is 0.184 e. The van der Waals surface area contributed by atoms with Gasteiger partial charge in [0.1, 0.15) is 5.52 Å². The number of morpholine rings is 1. The van der Waals surface area contributed by atoms with Gasteiger partial charge in [0.25, 0.3) is 0 Å². The van der Waals surface area contributed by atoms with Crippen molar-refractivity contribution in [2.24, 2.45) is 0 Å². The topological polar surface area (TPSA) is 25.4 Å². The molecule has 0 aliphatic carbocycles. The Labute approximate surface area is 103 Å². The lowest BCUT2D eigenvalue weighted by molar-refractivity contribution is 0.123. The molecule has 84 valence electrons. The summed E-state index contributed by atoms with van der Waals surface area (Å²) in [4.78, 5) is 6.70. The van der Waals surface area contributed by atoms with Crippen LogP contribution < -0.4 is 4.90 Å². The van der Waals surface area contributed by atoms with Crippen molar-refractivity contribution in [2.75, 3.05) is 31.2 Å². The highest BCUT2D eigenvalue weighted by atomic mass is 35.5. The van der Waals surface area contributed by atoms with Crippen LogP contribution in [-0.4, -0.2) is 31.3 Å². The first-order valence-electron chi connectivity index (χ1n) is 5.22. The Kier molecular flexibility index (Phi) is 2.71. The third kappa shape index (κ3) is 1.77. The number of benzene rings is 1. The van der Waals surface area contributed by atoms with Crippen molar-refractivity contribution >= 4 is 38.8 Å². The van der Waals surface area contributed by atoms with E-state index in [0.29, 0.717) is 4.47 Å². The van der Waals surface area contributed by atoms with Crippen LogP contribution in [0.1, 0.15) is 0 Å². The monoisotopic (exact) mass is 254 g/mol. The van der Waals surface area contributed by atoms with Gasteiger partial charge in [-0.3, -0.25) is 0 Å². The quantitative estimate of drug-likeness (QED) is 0.783. The number of thiazole rings is 1. The molecule has 0 radical (unpaired) electrons. The number of ether oxygens (including phenoxy) is 1. The summed E-state index contributed by atoms with van der Waals surface area (Å²) < 4.78 is 7.11. The van der Waals surface area contributed by atoms with Crippen molar-refractivity contribution in [2.45, 2.75) is 0 Å². The molecule has 3 nitrogen and oxygen atoms in total. The molecule has 2 aromatic rings. The van der Waals surface area contributed by atoms with Gasteiger partial charge in [0.05, 0.1) is 23.6 Å². The highest BCUT2D eigenvalue weighted by Crippen LogP contribution is 2.32. The lowest BCUT2D eigenvalue weighted by atomic mass is 10.2. The fourth-order valence-corrected chi connectivity index (χ4v) is 3.01. The number of para-hydroxylation sites is 1. The van der Waals surface area contributed by atoms with Crippen LogP contribution in [0.4, 0.5) is 5.69 Å². The lowest BCUT2D eigenvalue weighted by Crippen LogP contribution is -2.36. The summed E-state index contributed by atoms with van der Waals surface area (Å²) in [6.45, 7) is 3.42. The normalized spacial score (nSPS) is 16.9. The van der Waals surface area contributed by atoms with Gasteiger partial charge in [0.2, 0.25) is 0 Å². The molecule has 0 N–H and O–H groups in total. The second kappa shape index (κ2) is 4.20. The molecule has 1 saturated heterocycles. The van der Waals surface area contributed by atoms with Crippen molar-refractivity contribution in [3.05, 3.63) is 22.7 Å². The van der Waals surface area contributed by atoms with Gasteiger partial charge in [0, 0.05) is 13.1 Å². The molecule has 16 heavy (non-hydrogen) atoms. The molecular formula is C11H11ClN2OS. The molecule has 1 aliphatic heterocycles. The third-order valence-electron chi connectivity index (χ3n) is 2.72. The Morgan fingerprint density at radius 1 is 1.31 bits per heavy atom. The zero-order valence-electron chi connectivity index (χ0n) is 8.65. The molecule has 2 heterocycles. The van der Waals surface area contributed by atoms with E-state index in [1.807, 2.05) is 0 Å². The van der Waals surface area contributed by atoms with Gasteiger partial charge >= 0.3 is 0 Å². The Bertz CT molecular complexity index is 508. The number of nitrogens with zero attached hydrogens (tertiary/aromatic N) is 2. The lowest BCUT2D eigenvalue weighted by Gasteiger charge is -2.28. The summed E-state index contributed by atoms with van der Waals surface area (Å²) in [5.41, 5.74) is 2.18. The molecule has 0 bridgehead atoms. The van der Waals surface area contributed by atoms with E-state index < -0.39 is 0 Å². The molecule has 1 aromatic heterocycles. The van der Waals surface area contributed by atoms with Crippen LogP contribution in [0.2, 0.25) is 4.47 Å². The molecule has 0 spiro atoms. The summed E-state index contributed by atoms with van der Waals surface area (Å²) in [6.07, 6.45) is 0. The minimum absolute atomic E-state index is 0.607. The molecule has 1 aliphatic rings. The first kappa shape index (κ1) is 10.3. The van der Waals surface area contributed by atoms with Crippen LogP contribution in [0.15, 0.2) is 18.2 Å². The molecule has 3 rings (SSSR count). The van der Waals surface area contributed by atoms with Gasteiger partial charge in [-0.15, -0.1) is 11.3 Å². The Morgan fingerprint density at radius 3 is 2.94 bits per heavy atom. The molecule has 0 saturated carbocycles. The molecule has 1 fully saturated rings. The van der Waals surface area contributed by atoms with Crippen LogP contribution in [0.25, 0.3) is 10.2 Å². The predicted molar refractivity (Wildman–Crippen MR) is 67.7 cm³/mol. The van der Waals surface area contributed by atoms with E-state index in [1.165, 1.54) is 17.0 Å². The number of anilines is 1. The SMILES string of the molecule is Clc1nc2c(N3CCOCC3)cccc2s1. The average molecular weight is 255 g/mol. The number of fused-ring (bicyclic) bond motifs is 1. The fourth-order valence-electron chi connectivity index (χ4n) is 1.97. The van der Waals surface area contributed by atoms with Crippen LogP contribution >= 0.6 is 22.9 Å². The van der Waals surface area contributed by atoms with Crippen molar-refractivity contribution < 1.29 is 4.74 Å². The van der Waals surface area contributed by atoms with Crippen LogP contribution in [-0.2, 0) is 4.74 Å². The summed E-state index contributed by atoms with van der Waals surface area (Å²) in [5, 5.41) is 0. The van der Waals surface area contributed by atoms with E-state index in [9.17, 15) is 0 Å². The van der Waals surface area contributed by atoms with Crippen molar-refractivity contribution in [1.29, 1.82) is 0 Å². The molecule has 0 atom stereocenters. The largest absolute Gasteiger partial charge is 0.378 e. The molecule has 0 unspecified atom stereocenters. The highest BCUT2D eigenvalue weighted by molar-refractivity contribution is 7.22. The van der Waals surface area contributed by atoms with E-state index in [2.05, 4.69) is 28.1 Å². The van der Waals surface area contributed by atoms with Crippen LogP contribution in [0.3, 0.4) is 0 Å². The van der Waals surface area contributed by atoms with E-state index in [1.54, 1.807) is 0 Å². The maximum Gasteiger partial charge on any atom is 0.184 e. The highest BCUT2D eigenvalue weighted by Gasteiger charge is 2.15. The Morgan fingerprint density at radius 2 is 2.12 bits per heavy atom. The standard InChI is InChI=1S/C11H11ClN2OS/c12-11-13-10-8(2-1-3-9(10)16-11)14-4-6-15-7-5-14/h1-3H,4-7H2. The number of hydrogen-bond donors (Lipinski definition) is 0. The van der Waals surface area contributed by atoms with Gasteiger partial charge < -0.3 is 9.64 Å². The first-order chi connectivity index (χ1) is 7.84. The predicted octanol–water partition coefficient (Wildman–Crippen LogP) is 2.79. The van der Waals surface area contributed by atoms with E-state index in [0.717, 1.165) is 36.5 Å². The summed E-state index contributed by atoms with van der Waals surface area (Å²) >= 11 is 7.48. The Balaban J connectivity index is 2.07. The summed E-state index contributed by atoms with van der Waals surface area (Å²) in [6, 6.07) is 6.22. The number of halogens is 1. The van der Waals surface area contributed by atoms with Crippen molar-refractivity contribution in [1.82, 2.24) is 4.98 Å². The van der Waals surface area contributed by atoms with Gasteiger partial charge in [-0.2, -0.15) is 0 Å². The van der Waals surface area contributed by atoms with Gasteiger partial charge in [0.15, 0.2) is 4.47 Å². The minimum atomic E-state index is 0.607. The van der Waals surface area contributed by atoms with Gasteiger partial charge in [-0.25, -0.2) is 4.98 Å². The zero-order chi connectivity index (χ0) is 11.0. The molecule has 1 aromatic carbocycles. The number of aromatic nitrogens is 1. The first-order valence-corrected chi connectivity index (χ1v) is 6.42. The van der Waals surface area contributed by atoms with Crippen LogP contribution in [0.5, 0.6) is 0 Å². The van der Waals surface area contributed by atoms with Crippen molar-refractivity contribution in [3.63, 3.8) is 0 Å². The second-order valence-electron chi connectivity index (χ2n) is 3.69. The Hall–Kier alpha value is -0.840. The van der Waals surface area contributed by atoms with Gasteiger partial charge in [-0.1, -0.05) is 17.7 Å². The number of hydrogen-bond acceptors (Lipinski definition) is 4. The fraction of sp³-hybridized carbons (Fsp3) is 0.364. The van der Waals surface area contributed by atoms with Gasteiger partial charge in [-0.05, 0) is 12.1 Å². The minimum Gasteiger partial charge on any atom is -0.378 e. The molecular weight excluding hydrogens is 244 g/mol. The maximum absolute atomic E-state index is 5.96. The third-order valence-corrected chi connectivity index (χ3v) is 3.85. The summed E-state index contributed by atoms with van der Waals surface area (Å²) in [5.74, 6) is 0. The van der Waals surface area contributed by atoms with Crippen molar-refractivity contribution in [3.8, 4) is 0 Å². The molecule has 0 amide bonds. The van der Waals surface area contributed by atoms with E-state index in [-0.39, 0.29) is 0 Å². The second-order valence-corrected chi connectivity index (χ2v) is 5.30. The van der Waals surface area contributed by atoms with E-state index in [4.69, 9.17) is 16.3 Å². The number of rotatable bonds is 1. The maximum atomic E-state index is 5.96. The zero-order valence-corrected chi connectivity index (χ0v) is 10.2.